The predicted molar refractivity (Wildman–Crippen MR) is 52.8 cm³/mol. The molecule has 1 aliphatic rings. The maximum absolute atomic E-state index is 11.8. The van der Waals surface area contributed by atoms with Gasteiger partial charge >= 0.3 is 0 Å². The van der Waals surface area contributed by atoms with Gasteiger partial charge in [-0.25, -0.2) is 0 Å². The van der Waals surface area contributed by atoms with Gasteiger partial charge in [0, 0.05) is 19.9 Å². The van der Waals surface area contributed by atoms with Crippen LogP contribution in [0.2, 0.25) is 0 Å². The molecule has 5 heteroatoms. The highest BCUT2D eigenvalue weighted by Gasteiger charge is 2.40. The van der Waals surface area contributed by atoms with Crippen LogP contribution in [0.1, 0.15) is 25.1 Å². The molecule has 0 N–H and O–H groups in total. The van der Waals surface area contributed by atoms with Crippen LogP contribution >= 0.6 is 0 Å². The largest absolute Gasteiger partial charge is 0.424 e. The third-order valence-corrected chi connectivity index (χ3v) is 2.74. The lowest BCUT2D eigenvalue weighted by atomic mass is 10.3. The van der Waals surface area contributed by atoms with Gasteiger partial charge in [0.2, 0.25) is 17.7 Å². The summed E-state index contributed by atoms with van der Waals surface area (Å²) in [7, 11) is 1.77. The van der Waals surface area contributed by atoms with Gasteiger partial charge in [0.25, 0.3) is 0 Å². The van der Waals surface area contributed by atoms with Crippen LogP contribution in [0.25, 0.3) is 0 Å². The van der Waals surface area contributed by atoms with Crippen molar-refractivity contribution in [3.8, 4) is 0 Å². The van der Waals surface area contributed by atoms with Crippen molar-refractivity contribution in [1.82, 2.24) is 15.1 Å². The normalized spacial score (nSPS) is 23.9. The van der Waals surface area contributed by atoms with Crippen molar-refractivity contribution in [1.29, 1.82) is 0 Å². The molecule has 0 bridgehead atoms. The van der Waals surface area contributed by atoms with Gasteiger partial charge in [0.1, 0.15) is 0 Å². The van der Waals surface area contributed by atoms with Crippen LogP contribution in [0.15, 0.2) is 4.42 Å². The van der Waals surface area contributed by atoms with Crippen LogP contribution < -0.4 is 0 Å². The number of amides is 1. The van der Waals surface area contributed by atoms with Crippen LogP contribution in [-0.4, -0.2) is 28.1 Å². The molecule has 82 valence electrons. The first kappa shape index (κ1) is 10.1. The number of nitrogens with zero attached hydrogens (tertiary/aromatic N) is 3. The molecular weight excluding hydrogens is 194 g/mol. The molecule has 1 aliphatic carbocycles. The summed E-state index contributed by atoms with van der Waals surface area (Å²) >= 11 is 0. The Kier molecular flexibility index (Phi) is 2.46. The van der Waals surface area contributed by atoms with Crippen LogP contribution in [0.5, 0.6) is 0 Å². The molecule has 15 heavy (non-hydrogen) atoms. The fourth-order valence-corrected chi connectivity index (χ4v) is 1.63. The van der Waals surface area contributed by atoms with Crippen molar-refractivity contribution >= 4 is 5.91 Å². The van der Waals surface area contributed by atoms with E-state index in [-0.39, 0.29) is 11.8 Å². The van der Waals surface area contributed by atoms with E-state index in [2.05, 4.69) is 17.1 Å². The zero-order valence-electron chi connectivity index (χ0n) is 9.23. The van der Waals surface area contributed by atoms with Crippen LogP contribution in [0.4, 0.5) is 0 Å². The molecule has 0 unspecified atom stereocenters. The van der Waals surface area contributed by atoms with E-state index in [4.69, 9.17) is 4.42 Å². The minimum Gasteiger partial charge on any atom is -0.424 e. The molecular formula is C10H15N3O2. The van der Waals surface area contributed by atoms with Gasteiger partial charge in [-0.3, -0.25) is 4.79 Å². The van der Waals surface area contributed by atoms with E-state index in [1.807, 2.05) is 0 Å². The number of carbonyl (C=O) groups is 1. The van der Waals surface area contributed by atoms with Gasteiger partial charge in [0.05, 0.1) is 6.54 Å². The van der Waals surface area contributed by atoms with Gasteiger partial charge in [-0.05, 0) is 12.3 Å². The molecule has 0 radical (unpaired) electrons. The second-order valence-electron chi connectivity index (χ2n) is 4.23. The fourth-order valence-electron chi connectivity index (χ4n) is 1.63. The first-order valence-electron chi connectivity index (χ1n) is 5.12. The SMILES string of the molecule is Cc1nnc(CN(C)C(=O)[C@H]2C[C@H]2C)o1. The highest BCUT2D eigenvalue weighted by atomic mass is 16.4. The minimum atomic E-state index is 0.179. The lowest BCUT2D eigenvalue weighted by molar-refractivity contribution is -0.132. The Labute approximate surface area is 88.5 Å². The maximum Gasteiger partial charge on any atom is 0.235 e. The fraction of sp³-hybridized carbons (Fsp3) is 0.700. The van der Waals surface area contributed by atoms with Crippen LogP contribution in [0, 0.1) is 18.8 Å². The van der Waals surface area contributed by atoms with E-state index in [1.54, 1.807) is 18.9 Å². The molecule has 1 heterocycles. The molecule has 0 spiro atoms. The standard InChI is InChI=1S/C10H15N3O2/c1-6-4-8(6)10(14)13(3)5-9-12-11-7(2)15-9/h6,8H,4-5H2,1-3H3/t6-,8+/m1/s1. The van der Waals surface area contributed by atoms with E-state index < -0.39 is 0 Å². The van der Waals surface area contributed by atoms with Crippen molar-refractivity contribution in [2.24, 2.45) is 11.8 Å². The third-order valence-electron chi connectivity index (χ3n) is 2.74. The van der Waals surface area contributed by atoms with Crippen molar-refractivity contribution in [3.05, 3.63) is 11.8 Å². The quantitative estimate of drug-likeness (QED) is 0.745. The zero-order chi connectivity index (χ0) is 11.0. The lowest BCUT2D eigenvalue weighted by Gasteiger charge is -2.14. The Hall–Kier alpha value is -1.39. The molecule has 2 rings (SSSR count). The van der Waals surface area contributed by atoms with Gasteiger partial charge in [-0.15, -0.1) is 10.2 Å². The van der Waals surface area contributed by atoms with Crippen molar-refractivity contribution in [2.75, 3.05) is 7.05 Å². The van der Waals surface area contributed by atoms with Gasteiger partial charge in [-0.1, -0.05) is 6.92 Å². The summed E-state index contributed by atoms with van der Waals surface area (Å²) in [5.41, 5.74) is 0. The molecule has 0 aliphatic heterocycles. The molecule has 1 saturated carbocycles. The molecule has 1 fully saturated rings. The number of aryl methyl sites for hydroxylation is 1. The first-order valence-corrected chi connectivity index (χ1v) is 5.12. The topological polar surface area (TPSA) is 59.2 Å². The van der Waals surface area contributed by atoms with Crippen molar-refractivity contribution in [2.45, 2.75) is 26.8 Å². The minimum absolute atomic E-state index is 0.179. The molecule has 1 aromatic rings. The number of carbonyl (C=O) groups excluding carboxylic acids is 1. The number of hydrogen-bond acceptors (Lipinski definition) is 4. The summed E-state index contributed by atoms with van der Waals surface area (Å²) in [5.74, 6) is 1.95. The van der Waals surface area contributed by atoms with Crippen LogP contribution in [0.3, 0.4) is 0 Å². The number of rotatable bonds is 3. The third kappa shape index (κ3) is 2.16. The predicted octanol–water partition coefficient (Wildman–Crippen LogP) is 0.992. The second kappa shape index (κ2) is 3.64. The number of aromatic nitrogens is 2. The Balaban J connectivity index is 1.92. The zero-order valence-corrected chi connectivity index (χ0v) is 9.23. The Morgan fingerprint density at radius 2 is 2.27 bits per heavy atom. The molecule has 2 atom stereocenters. The summed E-state index contributed by atoms with van der Waals surface area (Å²) in [6, 6.07) is 0. The molecule has 0 aromatic carbocycles. The van der Waals surface area contributed by atoms with Gasteiger partial charge < -0.3 is 9.32 Å². The van der Waals surface area contributed by atoms with E-state index in [9.17, 15) is 4.79 Å². The molecule has 1 amide bonds. The van der Waals surface area contributed by atoms with E-state index in [0.29, 0.717) is 24.2 Å². The summed E-state index contributed by atoms with van der Waals surface area (Å²) in [5, 5.41) is 7.58. The van der Waals surface area contributed by atoms with E-state index >= 15 is 0 Å². The summed E-state index contributed by atoms with van der Waals surface area (Å²) in [6.07, 6.45) is 1.01. The smallest absolute Gasteiger partial charge is 0.235 e. The Bertz CT molecular complexity index is 374. The van der Waals surface area contributed by atoms with E-state index in [0.717, 1.165) is 6.42 Å². The van der Waals surface area contributed by atoms with Crippen molar-refractivity contribution < 1.29 is 9.21 Å². The highest BCUT2D eigenvalue weighted by Crippen LogP contribution is 2.39. The first-order chi connectivity index (χ1) is 7.08. The van der Waals surface area contributed by atoms with Gasteiger partial charge in [0.15, 0.2) is 0 Å². The highest BCUT2D eigenvalue weighted by molar-refractivity contribution is 5.81. The van der Waals surface area contributed by atoms with E-state index in [1.165, 1.54) is 0 Å². The second-order valence-corrected chi connectivity index (χ2v) is 4.23. The summed E-state index contributed by atoms with van der Waals surface area (Å²) in [6.45, 7) is 4.23. The van der Waals surface area contributed by atoms with Crippen molar-refractivity contribution in [3.63, 3.8) is 0 Å². The summed E-state index contributed by atoms with van der Waals surface area (Å²) in [4.78, 5) is 13.4. The monoisotopic (exact) mass is 209 g/mol. The Morgan fingerprint density at radius 1 is 1.60 bits per heavy atom. The Morgan fingerprint density at radius 3 is 2.73 bits per heavy atom. The molecule has 1 aromatic heterocycles. The molecule has 0 saturated heterocycles. The maximum atomic E-state index is 11.8. The van der Waals surface area contributed by atoms with Crippen LogP contribution in [-0.2, 0) is 11.3 Å². The lowest BCUT2D eigenvalue weighted by Crippen LogP contribution is -2.28. The van der Waals surface area contributed by atoms with Gasteiger partial charge in [-0.2, -0.15) is 0 Å². The average molecular weight is 209 g/mol. The summed E-state index contributed by atoms with van der Waals surface area (Å²) < 4.78 is 5.22. The molecule has 5 nitrogen and oxygen atoms in total. The number of hydrogen-bond donors (Lipinski definition) is 0. The average Bonchev–Trinajstić information content (AvgIpc) is 2.77.